The number of nitrogens with one attached hydrogen (secondary N) is 1. The second-order valence-electron chi connectivity index (χ2n) is 7.67. The monoisotopic (exact) mass is 442 g/mol. The van der Waals surface area contributed by atoms with Crippen LogP contribution in [-0.2, 0) is 21.9 Å². The number of unbranched alkanes of at least 4 members (excludes halogenated alkanes) is 1. The standard InChI is InChI=1S/C25H34N2O3S/c1-5-6-15-26-25(29)20(3)27(16-21-9-7-19(2)8-10-21)24(28)18-31-17-22-11-13-23(30-4)14-12-22/h7-14,20H,5-6,15-18H2,1-4H3,(H,26,29)/t20-/m1/s1. The van der Waals surface area contributed by atoms with E-state index in [2.05, 4.69) is 12.2 Å². The number of carbonyl (C=O) groups excluding carboxylic acids is 2. The molecule has 0 saturated heterocycles. The van der Waals surface area contributed by atoms with Gasteiger partial charge in [0.25, 0.3) is 0 Å². The van der Waals surface area contributed by atoms with Crippen LogP contribution in [0, 0.1) is 6.92 Å². The zero-order chi connectivity index (χ0) is 22.6. The Kier molecular flexibility index (Phi) is 10.4. The average Bonchev–Trinajstić information content (AvgIpc) is 2.78. The van der Waals surface area contributed by atoms with Gasteiger partial charge in [-0.15, -0.1) is 11.8 Å². The van der Waals surface area contributed by atoms with Gasteiger partial charge >= 0.3 is 0 Å². The molecule has 0 fully saturated rings. The molecule has 5 nitrogen and oxygen atoms in total. The molecular weight excluding hydrogens is 408 g/mol. The van der Waals surface area contributed by atoms with E-state index in [1.807, 2.05) is 62.4 Å². The molecule has 0 bridgehead atoms. The second kappa shape index (κ2) is 13.1. The Morgan fingerprint density at radius 2 is 1.71 bits per heavy atom. The first-order valence-electron chi connectivity index (χ1n) is 10.8. The molecule has 0 unspecified atom stereocenters. The molecule has 0 saturated carbocycles. The summed E-state index contributed by atoms with van der Waals surface area (Å²) in [6.07, 6.45) is 1.95. The van der Waals surface area contributed by atoms with Crippen LogP contribution in [0.25, 0.3) is 0 Å². The summed E-state index contributed by atoms with van der Waals surface area (Å²) in [6, 6.07) is 15.4. The molecule has 0 aliphatic rings. The fourth-order valence-corrected chi connectivity index (χ4v) is 3.94. The van der Waals surface area contributed by atoms with Crippen molar-refractivity contribution < 1.29 is 14.3 Å². The van der Waals surface area contributed by atoms with Crippen LogP contribution < -0.4 is 10.1 Å². The van der Waals surface area contributed by atoms with Crippen LogP contribution in [0.2, 0.25) is 0 Å². The quantitative estimate of drug-likeness (QED) is 0.489. The van der Waals surface area contributed by atoms with Crippen LogP contribution >= 0.6 is 11.8 Å². The third-order valence-electron chi connectivity index (χ3n) is 5.12. The minimum absolute atomic E-state index is 0.0303. The van der Waals surface area contributed by atoms with Gasteiger partial charge in [0.05, 0.1) is 12.9 Å². The van der Waals surface area contributed by atoms with E-state index in [1.165, 1.54) is 5.56 Å². The van der Waals surface area contributed by atoms with Crippen molar-refractivity contribution in [2.75, 3.05) is 19.4 Å². The molecule has 2 aromatic rings. The molecule has 1 N–H and O–H groups in total. The number of amides is 2. The van der Waals surface area contributed by atoms with Crippen LogP contribution in [0.5, 0.6) is 5.75 Å². The van der Waals surface area contributed by atoms with E-state index in [1.54, 1.807) is 23.8 Å². The van der Waals surface area contributed by atoms with Crippen LogP contribution in [0.1, 0.15) is 43.4 Å². The van der Waals surface area contributed by atoms with Crippen molar-refractivity contribution in [3.63, 3.8) is 0 Å². The molecule has 0 spiro atoms. The fraction of sp³-hybridized carbons (Fsp3) is 0.440. The van der Waals surface area contributed by atoms with E-state index in [-0.39, 0.29) is 11.8 Å². The molecule has 1 atom stereocenters. The molecular formula is C25H34N2O3S. The zero-order valence-electron chi connectivity index (χ0n) is 19.0. The third-order valence-corrected chi connectivity index (χ3v) is 6.11. The highest BCUT2D eigenvalue weighted by Gasteiger charge is 2.25. The molecule has 0 aliphatic carbocycles. The van der Waals surface area contributed by atoms with Gasteiger partial charge in [0.1, 0.15) is 11.8 Å². The number of aryl methyl sites for hydroxylation is 1. The Labute approximate surface area is 190 Å². The molecule has 0 aliphatic heterocycles. The van der Waals surface area contributed by atoms with Crippen molar-refractivity contribution in [1.82, 2.24) is 10.2 Å². The van der Waals surface area contributed by atoms with Gasteiger partial charge in [-0.3, -0.25) is 9.59 Å². The number of methoxy groups -OCH3 is 1. The molecule has 2 rings (SSSR count). The van der Waals surface area contributed by atoms with Gasteiger partial charge in [-0.2, -0.15) is 0 Å². The minimum Gasteiger partial charge on any atom is -0.497 e. The van der Waals surface area contributed by atoms with Crippen molar-refractivity contribution in [3.8, 4) is 5.75 Å². The highest BCUT2D eigenvalue weighted by Crippen LogP contribution is 2.18. The Balaban J connectivity index is 2.01. The van der Waals surface area contributed by atoms with E-state index in [0.717, 1.165) is 35.5 Å². The molecule has 0 aromatic heterocycles. The van der Waals surface area contributed by atoms with Gasteiger partial charge in [-0.05, 0) is 43.5 Å². The smallest absolute Gasteiger partial charge is 0.242 e. The van der Waals surface area contributed by atoms with Gasteiger partial charge in [0, 0.05) is 18.8 Å². The number of rotatable bonds is 12. The highest BCUT2D eigenvalue weighted by molar-refractivity contribution is 7.99. The van der Waals surface area contributed by atoms with Crippen molar-refractivity contribution in [1.29, 1.82) is 0 Å². The highest BCUT2D eigenvalue weighted by atomic mass is 32.2. The number of hydrogen-bond donors (Lipinski definition) is 1. The van der Waals surface area contributed by atoms with Gasteiger partial charge < -0.3 is 15.0 Å². The van der Waals surface area contributed by atoms with Gasteiger partial charge in [-0.1, -0.05) is 55.3 Å². The Morgan fingerprint density at radius 3 is 2.32 bits per heavy atom. The summed E-state index contributed by atoms with van der Waals surface area (Å²) in [7, 11) is 1.64. The molecule has 0 radical (unpaired) electrons. The maximum Gasteiger partial charge on any atom is 0.242 e. The van der Waals surface area contributed by atoms with E-state index >= 15 is 0 Å². The topological polar surface area (TPSA) is 58.6 Å². The lowest BCUT2D eigenvalue weighted by Crippen LogP contribution is -2.48. The predicted molar refractivity (Wildman–Crippen MR) is 128 cm³/mol. The fourth-order valence-electron chi connectivity index (χ4n) is 3.07. The summed E-state index contributed by atoms with van der Waals surface area (Å²) in [5.74, 6) is 1.73. The van der Waals surface area contributed by atoms with E-state index in [9.17, 15) is 9.59 Å². The molecule has 31 heavy (non-hydrogen) atoms. The Hall–Kier alpha value is -2.47. The minimum atomic E-state index is -0.521. The van der Waals surface area contributed by atoms with Crippen molar-refractivity contribution in [2.24, 2.45) is 0 Å². The average molecular weight is 443 g/mol. The van der Waals surface area contributed by atoms with Gasteiger partial charge in [0.15, 0.2) is 0 Å². The van der Waals surface area contributed by atoms with Crippen molar-refractivity contribution in [2.45, 2.75) is 52.0 Å². The summed E-state index contributed by atoms with van der Waals surface area (Å²) in [5, 5.41) is 2.95. The van der Waals surface area contributed by atoms with Crippen LogP contribution in [-0.4, -0.2) is 42.2 Å². The zero-order valence-corrected chi connectivity index (χ0v) is 19.8. The first kappa shape index (κ1) is 24.8. The summed E-state index contributed by atoms with van der Waals surface area (Å²) in [4.78, 5) is 27.4. The van der Waals surface area contributed by atoms with Crippen LogP contribution in [0.15, 0.2) is 48.5 Å². The summed E-state index contributed by atoms with van der Waals surface area (Å²) >= 11 is 1.56. The largest absolute Gasteiger partial charge is 0.497 e. The number of nitrogens with zero attached hydrogens (tertiary/aromatic N) is 1. The molecule has 6 heteroatoms. The lowest BCUT2D eigenvalue weighted by atomic mass is 10.1. The lowest BCUT2D eigenvalue weighted by Gasteiger charge is -2.29. The Morgan fingerprint density at radius 1 is 1.06 bits per heavy atom. The maximum atomic E-state index is 13.1. The van der Waals surface area contributed by atoms with E-state index in [4.69, 9.17) is 4.74 Å². The van der Waals surface area contributed by atoms with E-state index < -0.39 is 6.04 Å². The number of hydrogen-bond acceptors (Lipinski definition) is 4. The summed E-state index contributed by atoms with van der Waals surface area (Å²) < 4.78 is 5.19. The summed E-state index contributed by atoms with van der Waals surface area (Å²) in [6.45, 7) is 6.99. The van der Waals surface area contributed by atoms with Crippen molar-refractivity contribution >= 4 is 23.6 Å². The van der Waals surface area contributed by atoms with Gasteiger partial charge in [-0.25, -0.2) is 0 Å². The number of thioether (sulfide) groups is 1. The number of ether oxygens (including phenoxy) is 1. The number of benzene rings is 2. The first-order valence-corrected chi connectivity index (χ1v) is 11.9. The van der Waals surface area contributed by atoms with E-state index in [0.29, 0.717) is 18.8 Å². The normalized spacial score (nSPS) is 11.6. The van der Waals surface area contributed by atoms with Crippen molar-refractivity contribution in [3.05, 3.63) is 65.2 Å². The van der Waals surface area contributed by atoms with Crippen LogP contribution in [0.4, 0.5) is 0 Å². The number of carbonyl (C=O) groups is 2. The SMILES string of the molecule is CCCCNC(=O)[C@@H](C)N(Cc1ccc(C)cc1)C(=O)CSCc1ccc(OC)cc1. The first-order chi connectivity index (χ1) is 14.9. The van der Waals surface area contributed by atoms with Crippen LogP contribution in [0.3, 0.4) is 0 Å². The van der Waals surface area contributed by atoms with Gasteiger partial charge in [0.2, 0.25) is 11.8 Å². The lowest BCUT2D eigenvalue weighted by molar-refractivity contribution is -0.138. The second-order valence-corrected chi connectivity index (χ2v) is 8.65. The molecule has 0 heterocycles. The predicted octanol–water partition coefficient (Wildman–Crippen LogP) is 4.57. The molecule has 168 valence electrons. The Bertz CT molecular complexity index is 822. The molecule has 2 aromatic carbocycles. The third kappa shape index (κ3) is 8.29. The molecule has 2 amide bonds. The maximum absolute atomic E-state index is 13.1. The summed E-state index contributed by atoms with van der Waals surface area (Å²) in [5.41, 5.74) is 3.32.